The van der Waals surface area contributed by atoms with Gasteiger partial charge in [0.05, 0.1) is 22.0 Å². The molecule has 0 atom stereocenters. The monoisotopic (exact) mass is 378 g/mol. The Morgan fingerprint density at radius 2 is 2.04 bits per heavy atom. The fourth-order valence-electron chi connectivity index (χ4n) is 3.14. The van der Waals surface area contributed by atoms with Gasteiger partial charge in [-0.2, -0.15) is 0 Å². The SMILES string of the molecule is Cc1nc(-c2cccnc2)sc1-c1ccc2c(n1)C(=NOC(C)C)CCC2. The van der Waals surface area contributed by atoms with Gasteiger partial charge < -0.3 is 4.84 Å². The number of pyridine rings is 2. The van der Waals surface area contributed by atoms with Crippen molar-refractivity contribution in [3.05, 3.63) is 53.6 Å². The Balaban J connectivity index is 1.73. The first kappa shape index (κ1) is 17.8. The van der Waals surface area contributed by atoms with Crippen molar-refractivity contribution in [2.45, 2.75) is 46.1 Å². The zero-order valence-corrected chi connectivity index (χ0v) is 16.6. The van der Waals surface area contributed by atoms with Crippen LogP contribution in [0.15, 0.2) is 41.8 Å². The van der Waals surface area contributed by atoms with Crippen LogP contribution in [0.2, 0.25) is 0 Å². The number of hydrogen-bond donors (Lipinski definition) is 0. The average molecular weight is 379 g/mol. The van der Waals surface area contributed by atoms with Gasteiger partial charge in [-0.25, -0.2) is 9.97 Å². The first-order valence-electron chi connectivity index (χ1n) is 9.23. The second kappa shape index (κ2) is 7.56. The Kier molecular flexibility index (Phi) is 4.99. The highest BCUT2D eigenvalue weighted by atomic mass is 32.1. The van der Waals surface area contributed by atoms with Gasteiger partial charge in [-0.3, -0.25) is 4.98 Å². The molecule has 1 aliphatic carbocycles. The molecule has 0 bridgehead atoms. The molecule has 0 saturated heterocycles. The first-order valence-corrected chi connectivity index (χ1v) is 10.0. The van der Waals surface area contributed by atoms with E-state index in [1.54, 1.807) is 17.5 Å². The summed E-state index contributed by atoms with van der Waals surface area (Å²) < 4.78 is 0. The number of aryl methyl sites for hydroxylation is 2. The van der Waals surface area contributed by atoms with E-state index in [1.807, 2.05) is 39.1 Å². The average Bonchev–Trinajstić information content (AvgIpc) is 3.08. The van der Waals surface area contributed by atoms with Gasteiger partial charge in [0.25, 0.3) is 0 Å². The lowest BCUT2D eigenvalue weighted by atomic mass is 9.94. The van der Waals surface area contributed by atoms with E-state index < -0.39 is 0 Å². The molecule has 0 amide bonds. The smallest absolute Gasteiger partial charge is 0.125 e. The van der Waals surface area contributed by atoms with E-state index in [9.17, 15) is 0 Å². The van der Waals surface area contributed by atoms with Crippen LogP contribution in [-0.2, 0) is 11.3 Å². The van der Waals surface area contributed by atoms with Gasteiger partial charge in [-0.05, 0) is 63.8 Å². The summed E-state index contributed by atoms with van der Waals surface area (Å²) >= 11 is 1.65. The van der Waals surface area contributed by atoms with Crippen LogP contribution in [0.5, 0.6) is 0 Å². The van der Waals surface area contributed by atoms with Crippen LogP contribution < -0.4 is 0 Å². The van der Waals surface area contributed by atoms with Gasteiger partial charge in [-0.15, -0.1) is 11.3 Å². The number of thiazole rings is 1. The summed E-state index contributed by atoms with van der Waals surface area (Å²) in [6.45, 7) is 6.00. The number of hydrogen-bond acceptors (Lipinski definition) is 6. The minimum atomic E-state index is 0.0665. The molecule has 5 nitrogen and oxygen atoms in total. The summed E-state index contributed by atoms with van der Waals surface area (Å²) in [5.41, 5.74) is 6.11. The molecular weight excluding hydrogens is 356 g/mol. The van der Waals surface area contributed by atoms with Gasteiger partial charge in [0, 0.05) is 18.0 Å². The van der Waals surface area contributed by atoms with Gasteiger partial charge in [0.15, 0.2) is 0 Å². The molecule has 0 spiro atoms. The van der Waals surface area contributed by atoms with E-state index in [4.69, 9.17) is 14.8 Å². The Hall–Kier alpha value is -2.60. The van der Waals surface area contributed by atoms with Gasteiger partial charge in [0.2, 0.25) is 0 Å². The van der Waals surface area contributed by atoms with E-state index in [1.165, 1.54) is 5.56 Å². The third-order valence-electron chi connectivity index (χ3n) is 4.42. The number of oxime groups is 1. The second-order valence-electron chi connectivity index (χ2n) is 6.93. The van der Waals surface area contributed by atoms with Crippen LogP contribution in [0.4, 0.5) is 0 Å². The molecule has 0 N–H and O–H groups in total. The van der Waals surface area contributed by atoms with E-state index in [2.05, 4.69) is 22.3 Å². The van der Waals surface area contributed by atoms with Crippen LogP contribution in [0.1, 0.15) is 43.6 Å². The lowest BCUT2D eigenvalue weighted by Gasteiger charge is -2.17. The van der Waals surface area contributed by atoms with E-state index in [-0.39, 0.29) is 6.10 Å². The van der Waals surface area contributed by atoms with Crippen molar-refractivity contribution in [3.63, 3.8) is 0 Å². The Morgan fingerprint density at radius 3 is 2.81 bits per heavy atom. The highest BCUT2D eigenvalue weighted by molar-refractivity contribution is 7.18. The normalized spacial score (nSPS) is 15.2. The van der Waals surface area contributed by atoms with E-state index in [0.717, 1.165) is 57.5 Å². The van der Waals surface area contributed by atoms with Crippen LogP contribution in [0, 0.1) is 6.92 Å². The van der Waals surface area contributed by atoms with Crippen molar-refractivity contribution < 1.29 is 4.84 Å². The molecular formula is C21H22N4OS. The minimum Gasteiger partial charge on any atom is -0.393 e. The molecule has 6 heteroatoms. The molecule has 0 aliphatic heterocycles. The molecule has 27 heavy (non-hydrogen) atoms. The number of rotatable bonds is 4. The van der Waals surface area contributed by atoms with Crippen LogP contribution in [0.3, 0.4) is 0 Å². The van der Waals surface area contributed by atoms with E-state index >= 15 is 0 Å². The predicted octanol–water partition coefficient (Wildman–Crippen LogP) is 5.04. The predicted molar refractivity (Wildman–Crippen MR) is 109 cm³/mol. The quantitative estimate of drug-likeness (QED) is 0.597. The maximum absolute atomic E-state index is 5.50. The largest absolute Gasteiger partial charge is 0.393 e. The van der Waals surface area contributed by atoms with Crippen LogP contribution in [-0.4, -0.2) is 26.8 Å². The lowest BCUT2D eigenvalue weighted by Crippen LogP contribution is -2.16. The number of fused-ring (bicyclic) bond motifs is 1. The zero-order chi connectivity index (χ0) is 18.8. The molecule has 1 aliphatic rings. The third kappa shape index (κ3) is 3.76. The van der Waals surface area contributed by atoms with Gasteiger partial charge >= 0.3 is 0 Å². The fourth-order valence-corrected chi connectivity index (χ4v) is 4.16. The molecule has 138 valence electrons. The molecule has 0 fully saturated rings. The summed E-state index contributed by atoms with van der Waals surface area (Å²) in [6.07, 6.45) is 6.70. The molecule has 0 saturated carbocycles. The standard InChI is InChI=1S/C21H22N4OS/c1-13(2)26-25-17-8-4-6-15-9-10-18(24-19(15)17)20-14(3)23-21(27-20)16-7-5-11-22-12-16/h5,7,9-13H,4,6,8H2,1-3H3. The molecule has 0 radical (unpaired) electrons. The molecule has 3 heterocycles. The van der Waals surface area contributed by atoms with Crippen molar-refractivity contribution in [3.8, 4) is 21.1 Å². The fraction of sp³-hybridized carbons (Fsp3) is 0.333. The van der Waals surface area contributed by atoms with Crippen LogP contribution >= 0.6 is 11.3 Å². The van der Waals surface area contributed by atoms with E-state index in [0.29, 0.717) is 0 Å². The summed E-state index contributed by atoms with van der Waals surface area (Å²) in [4.78, 5) is 20.5. The molecule has 3 aromatic rings. The summed E-state index contributed by atoms with van der Waals surface area (Å²) in [5.74, 6) is 0. The van der Waals surface area contributed by atoms with Crippen molar-refractivity contribution in [2.24, 2.45) is 5.16 Å². The maximum Gasteiger partial charge on any atom is 0.125 e. The van der Waals surface area contributed by atoms with Crippen LogP contribution in [0.25, 0.3) is 21.1 Å². The number of aromatic nitrogens is 3. The van der Waals surface area contributed by atoms with Gasteiger partial charge in [-0.1, -0.05) is 11.2 Å². The Bertz CT molecular complexity index is 979. The lowest BCUT2D eigenvalue weighted by molar-refractivity contribution is 0.0854. The highest BCUT2D eigenvalue weighted by Gasteiger charge is 2.20. The van der Waals surface area contributed by atoms with Crippen molar-refractivity contribution in [1.82, 2.24) is 15.0 Å². The highest BCUT2D eigenvalue weighted by Crippen LogP contribution is 2.35. The molecule has 0 unspecified atom stereocenters. The molecule has 0 aromatic carbocycles. The third-order valence-corrected chi connectivity index (χ3v) is 5.65. The summed E-state index contributed by atoms with van der Waals surface area (Å²) in [7, 11) is 0. The topological polar surface area (TPSA) is 60.3 Å². The molecule has 3 aromatic heterocycles. The summed E-state index contributed by atoms with van der Waals surface area (Å²) in [5, 5.41) is 5.33. The Labute approximate surface area is 163 Å². The first-order chi connectivity index (χ1) is 13.1. The zero-order valence-electron chi connectivity index (χ0n) is 15.8. The van der Waals surface area contributed by atoms with Gasteiger partial charge in [0.1, 0.15) is 16.8 Å². The van der Waals surface area contributed by atoms with Crippen molar-refractivity contribution >= 4 is 17.0 Å². The minimum absolute atomic E-state index is 0.0665. The Morgan fingerprint density at radius 1 is 1.15 bits per heavy atom. The second-order valence-corrected chi connectivity index (χ2v) is 7.92. The molecule has 4 rings (SSSR count). The van der Waals surface area contributed by atoms with Crippen molar-refractivity contribution in [1.29, 1.82) is 0 Å². The van der Waals surface area contributed by atoms with Crippen molar-refractivity contribution in [2.75, 3.05) is 0 Å². The maximum atomic E-state index is 5.50. The number of nitrogens with zero attached hydrogens (tertiary/aromatic N) is 4. The summed E-state index contributed by atoms with van der Waals surface area (Å²) in [6, 6.07) is 8.23.